The van der Waals surface area contributed by atoms with Crippen molar-refractivity contribution < 1.29 is 8.42 Å². The number of halogens is 1. The number of aryl methyl sites for hydroxylation is 1. The molecule has 21 heavy (non-hydrogen) atoms. The van der Waals surface area contributed by atoms with E-state index in [1.54, 1.807) is 7.05 Å². The predicted octanol–water partition coefficient (Wildman–Crippen LogP) is 0.581. The van der Waals surface area contributed by atoms with Gasteiger partial charge < -0.3 is 5.73 Å². The van der Waals surface area contributed by atoms with Crippen molar-refractivity contribution in [3.8, 4) is 0 Å². The van der Waals surface area contributed by atoms with Gasteiger partial charge in [0.15, 0.2) is 5.82 Å². The number of thiocarbonyl (C=S) groups is 1. The number of nitrogens with two attached hydrogens (primary N) is 1. The summed E-state index contributed by atoms with van der Waals surface area (Å²) in [7, 11) is -2.03. The van der Waals surface area contributed by atoms with Gasteiger partial charge in [0.2, 0.25) is 10.0 Å². The van der Waals surface area contributed by atoms with Gasteiger partial charge in [-0.05, 0) is 18.2 Å². The SMILES string of the molecule is Cn1cnc(CNS(=O)(=O)c2ccc(C(N)=S)c(Cl)c2)n1. The highest BCUT2D eigenvalue weighted by Gasteiger charge is 2.17. The van der Waals surface area contributed by atoms with Crippen molar-refractivity contribution in [2.75, 3.05) is 0 Å². The van der Waals surface area contributed by atoms with Crippen LogP contribution in [0.2, 0.25) is 5.02 Å². The van der Waals surface area contributed by atoms with E-state index in [0.29, 0.717) is 11.4 Å². The summed E-state index contributed by atoms with van der Waals surface area (Å²) in [6, 6.07) is 4.15. The molecule has 1 aromatic carbocycles. The Morgan fingerprint density at radius 2 is 2.24 bits per heavy atom. The van der Waals surface area contributed by atoms with Crippen molar-refractivity contribution in [3.63, 3.8) is 0 Å². The van der Waals surface area contributed by atoms with Crippen LogP contribution in [0.5, 0.6) is 0 Å². The van der Waals surface area contributed by atoms with Gasteiger partial charge in [-0.25, -0.2) is 18.1 Å². The lowest BCUT2D eigenvalue weighted by molar-refractivity contribution is 0.578. The third-order valence-corrected chi connectivity index (χ3v) is 4.52. The highest BCUT2D eigenvalue weighted by molar-refractivity contribution is 7.89. The zero-order chi connectivity index (χ0) is 15.6. The van der Waals surface area contributed by atoms with Crippen molar-refractivity contribution in [3.05, 3.63) is 40.9 Å². The minimum atomic E-state index is -3.72. The lowest BCUT2D eigenvalue weighted by Gasteiger charge is -2.07. The first-order chi connectivity index (χ1) is 9.79. The predicted molar refractivity (Wildman–Crippen MR) is 82.4 cm³/mol. The summed E-state index contributed by atoms with van der Waals surface area (Å²) in [6.07, 6.45) is 1.48. The van der Waals surface area contributed by atoms with E-state index in [1.807, 2.05) is 0 Å². The van der Waals surface area contributed by atoms with Crippen molar-refractivity contribution in [2.45, 2.75) is 11.4 Å². The Balaban J connectivity index is 2.19. The molecule has 1 aromatic heterocycles. The zero-order valence-electron chi connectivity index (χ0n) is 10.9. The number of sulfonamides is 1. The summed E-state index contributed by atoms with van der Waals surface area (Å²) in [5.41, 5.74) is 5.90. The summed E-state index contributed by atoms with van der Waals surface area (Å²) in [5, 5.41) is 4.16. The Labute approximate surface area is 132 Å². The van der Waals surface area contributed by atoms with Crippen LogP contribution in [0.3, 0.4) is 0 Å². The molecule has 0 saturated carbocycles. The quantitative estimate of drug-likeness (QED) is 0.768. The molecule has 0 bridgehead atoms. The summed E-state index contributed by atoms with van der Waals surface area (Å²) < 4.78 is 28.2. The lowest BCUT2D eigenvalue weighted by atomic mass is 10.2. The lowest BCUT2D eigenvalue weighted by Crippen LogP contribution is -2.24. The Morgan fingerprint density at radius 1 is 1.52 bits per heavy atom. The van der Waals surface area contributed by atoms with Crippen LogP contribution in [0, 0.1) is 0 Å². The number of benzene rings is 1. The summed E-state index contributed by atoms with van der Waals surface area (Å²) in [4.78, 5) is 4.06. The fourth-order valence-electron chi connectivity index (χ4n) is 1.57. The minimum absolute atomic E-state index is 0.0160. The second-order valence-corrected chi connectivity index (χ2v) is 6.78. The Bertz CT molecular complexity index is 788. The topological polar surface area (TPSA) is 103 Å². The minimum Gasteiger partial charge on any atom is -0.389 e. The van der Waals surface area contributed by atoms with Crippen LogP contribution >= 0.6 is 23.8 Å². The van der Waals surface area contributed by atoms with E-state index >= 15 is 0 Å². The van der Waals surface area contributed by atoms with E-state index in [-0.39, 0.29) is 21.5 Å². The average Bonchev–Trinajstić information content (AvgIpc) is 2.82. The van der Waals surface area contributed by atoms with E-state index < -0.39 is 10.0 Å². The maximum atomic E-state index is 12.1. The number of nitrogens with one attached hydrogen (secondary N) is 1. The number of aromatic nitrogens is 3. The number of hydrogen-bond donors (Lipinski definition) is 2. The summed E-state index contributed by atoms with van der Waals surface area (Å²) in [5.74, 6) is 0.368. The maximum Gasteiger partial charge on any atom is 0.241 e. The second kappa shape index (κ2) is 6.06. The Hall–Kier alpha value is -1.55. The molecule has 0 amide bonds. The van der Waals surface area contributed by atoms with E-state index in [0.717, 1.165) is 0 Å². The van der Waals surface area contributed by atoms with E-state index in [1.165, 1.54) is 29.2 Å². The molecule has 2 aromatic rings. The molecule has 2 rings (SSSR count). The molecule has 0 unspecified atom stereocenters. The van der Waals surface area contributed by atoms with Crippen molar-refractivity contribution in [1.82, 2.24) is 19.5 Å². The molecular weight excluding hydrogens is 334 g/mol. The fraction of sp³-hybridized carbons (Fsp3) is 0.182. The molecule has 10 heteroatoms. The third-order valence-electron chi connectivity index (χ3n) is 2.58. The molecular formula is C11H12ClN5O2S2. The first-order valence-electron chi connectivity index (χ1n) is 5.73. The van der Waals surface area contributed by atoms with Gasteiger partial charge in [-0.1, -0.05) is 23.8 Å². The molecule has 112 valence electrons. The normalized spacial score (nSPS) is 11.5. The molecule has 0 saturated heterocycles. The highest BCUT2D eigenvalue weighted by atomic mass is 35.5. The van der Waals surface area contributed by atoms with Gasteiger partial charge >= 0.3 is 0 Å². The van der Waals surface area contributed by atoms with Gasteiger partial charge in [-0.15, -0.1) is 0 Å². The van der Waals surface area contributed by atoms with Crippen molar-refractivity contribution in [2.24, 2.45) is 12.8 Å². The number of nitrogens with zero attached hydrogens (tertiary/aromatic N) is 3. The van der Waals surface area contributed by atoms with Crippen LogP contribution in [0.1, 0.15) is 11.4 Å². The fourth-order valence-corrected chi connectivity index (χ4v) is 3.16. The summed E-state index contributed by atoms with van der Waals surface area (Å²) in [6.45, 7) is -0.0160. The molecule has 3 N–H and O–H groups in total. The maximum absolute atomic E-state index is 12.1. The van der Waals surface area contributed by atoms with Gasteiger partial charge in [0.05, 0.1) is 16.5 Å². The molecule has 0 fully saturated rings. The van der Waals surface area contributed by atoms with E-state index in [2.05, 4.69) is 14.8 Å². The van der Waals surface area contributed by atoms with Crippen molar-refractivity contribution >= 4 is 38.8 Å². The molecule has 0 spiro atoms. The summed E-state index contributed by atoms with van der Waals surface area (Å²) >= 11 is 10.8. The highest BCUT2D eigenvalue weighted by Crippen LogP contribution is 2.20. The molecule has 0 aliphatic rings. The largest absolute Gasteiger partial charge is 0.389 e. The Morgan fingerprint density at radius 3 is 2.76 bits per heavy atom. The number of hydrogen-bond acceptors (Lipinski definition) is 5. The molecule has 7 nitrogen and oxygen atoms in total. The first-order valence-corrected chi connectivity index (χ1v) is 8.00. The van der Waals surface area contributed by atoms with Crippen molar-refractivity contribution in [1.29, 1.82) is 0 Å². The molecule has 0 aliphatic heterocycles. The van der Waals surface area contributed by atoms with Crippen LogP contribution < -0.4 is 10.5 Å². The van der Waals surface area contributed by atoms with Crippen LogP contribution in [0.25, 0.3) is 0 Å². The third kappa shape index (κ3) is 3.76. The number of rotatable bonds is 5. The zero-order valence-corrected chi connectivity index (χ0v) is 13.3. The van der Waals surface area contributed by atoms with E-state index in [4.69, 9.17) is 29.6 Å². The van der Waals surface area contributed by atoms with Crippen LogP contribution in [0.15, 0.2) is 29.4 Å². The van der Waals surface area contributed by atoms with Gasteiger partial charge in [0.25, 0.3) is 0 Å². The van der Waals surface area contributed by atoms with Gasteiger partial charge in [0, 0.05) is 12.6 Å². The molecule has 0 radical (unpaired) electrons. The van der Waals surface area contributed by atoms with Crippen LogP contribution in [-0.4, -0.2) is 28.2 Å². The van der Waals surface area contributed by atoms with Gasteiger partial charge in [-0.3, -0.25) is 4.68 Å². The second-order valence-electron chi connectivity index (χ2n) is 4.16. The smallest absolute Gasteiger partial charge is 0.241 e. The Kier molecular flexibility index (Phi) is 4.57. The van der Waals surface area contributed by atoms with E-state index in [9.17, 15) is 8.42 Å². The van der Waals surface area contributed by atoms with Crippen LogP contribution in [-0.2, 0) is 23.6 Å². The first kappa shape index (κ1) is 15.8. The van der Waals surface area contributed by atoms with Gasteiger partial charge in [0.1, 0.15) is 11.3 Å². The van der Waals surface area contributed by atoms with Crippen LogP contribution in [0.4, 0.5) is 0 Å². The van der Waals surface area contributed by atoms with Gasteiger partial charge in [-0.2, -0.15) is 5.10 Å². The molecule has 0 aliphatic carbocycles. The average molecular weight is 346 g/mol. The molecule has 1 heterocycles. The molecule has 0 atom stereocenters. The monoisotopic (exact) mass is 345 g/mol. The standard InChI is InChI=1S/C11H12ClN5O2S2/c1-17-6-14-10(16-17)5-15-21(18,19)7-2-3-8(11(13)20)9(12)4-7/h2-4,6,15H,5H2,1H3,(H2,13,20).